The lowest BCUT2D eigenvalue weighted by Gasteiger charge is -2.56. The molecule has 200 valence electrons. The first-order chi connectivity index (χ1) is 16.4. The molecule has 0 aromatic carbocycles. The molecule has 0 aromatic rings. The van der Waals surface area contributed by atoms with Crippen LogP contribution in [0.25, 0.3) is 0 Å². The normalized spacial score (nSPS) is 44.4. The Bertz CT molecular complexity index is 1050. The zero-order valence-corrected chi connectivity index (χ0v) is 23.0. The number of carbonyl (C=O) groups excluding carboxylic acids is 2. The fourth-order valence-corrected chi connectivity index (χ4v) is 8.77. The van der Waals surface area contributed by atoms with E-state index in [2.05, 4.69) is 20.8 Å². The van der Waals surface area contributed by atoms with E-state index in [1.54, 1.807) is 13.0 Å². The molecular weight excluding hydrogens is 456 g/mol. The van der Waals surface area contributed by atoms with E-state index in [4.69, 9.17) is 5.11 Å². The van der Waals surface area contributed by atoms with Gasteiger partial charge in [0.05, 0.1) is 5.92 Å². The SMILES string of the molecule is CC(=CCC[C@@H](C)C(=O)[C@@H]1C[C@@]2(C)[C@@H]3CC[C@H]4C(C)(C)C(=O)CC[C@]4(C)C3=C[C@@]2(O)[C@]1(C)O)C(=O)O. The largest absolute Gasteiger partial charge is 0.478 e. The maximum Gasteiger partial charge on any atom is 0.330 e. The number of hydrogen-bond acceptors (Lipinski definition) is 5. The molecule has 0 spiro atoms. The summed E-state index contributed by atoms with van der Waals surface area (Å²) in [5.74, 6) is -1.51. The summed E-state index contributed by atoms with van der Waals surface area (Å²) in [5, 5.41) is 33.1. The minimum absolute atomic E-state index is 0.0634. The van der Waals surface area contributed by atoms with Gasteiger partial charge in [-0.2, -0.15) is 0 Å². The van der Waals surface area contributed by atoms with E-state index < -0.39 is 33.9 Å². The van der Waals surface area contributed by atoms with Crippen molar-refractivity contribution in [2.45, 2.75) is 105 Å². The molecule has 8 atom stereocenters. The minimum Gasteiger partial charge on any atom is -0.478 e. The predicted molar refractivity (Wildman–Crippen MR) is 137 cm³/mol. The lowest BCUT2D eigenvalue weighted by molar-refractivity contribution is -0.160. The van der Waals surface area contributed by atoms with Gasteiger partial charge in [0, 0.05) is 28.7 Å². The topological polar surface area (TPSA) is 112 Å². The third-order valence-electron chi connectivity index (χ3n) is 11.3. The standard InChI is InChI=1S/C30H44O6/c1-17(9-8-10-18(2)25(33)34)24(32)21-15-28(6)19-11-12-22-26(3,4)23(31)13-14-27(22,5)20(19)16-30(28,36)29(21,7)35/h10,16-17,19,21-22,35-36H,8-9,11-15H2,1-7H3,(H,33,34)/t17-,19-,21+,22+,27-,28+,29-,30+/m1/s1. The van der Waals surface area contributed by atoms with Crippen LogP contribution >= 0.6 is 0 Å². The van der Waals surface area contributed by atoms with Crippen LogP contribution in [0.15, 0.2) is 23.3 Å². The average Bonchev–Trinajstić information content (AvgIpc) is 3.12. The summed E-state index contributed by atoms with van der Waals surface area (Å²) in [7, 11) is 0. The zero-order chi connectivity index (χ0) is 27.1. The van der Waals surface area contributed by atoms with Gasteiger partial charge in [-0.25, -0.2) is 4.79 Å². The second kappa shape index (κ2) is 8.36. The van der Waals surface area contributed by atoms with Crippen molar-refractivity contribution in [3.05, 3.63) is 23.3 Å². The number of fused-ring (bicyclic) bond motifs is 5. The Balaban J connectivity index is 1.63. The van der Waals surface area contributed by atoms with Crippen LogP contribution in [0.3, 0.4) is 0 Å². The van der Waals surface area contributed by atoms with Gasteiger partial charge in [0.25, 0.3) is 0 Å². The molecule has 0 unspecified atom stereocenters. The maximum atomic E-state index is 13.6. The smallest absolute Gasteiger partial charge is 0.330 e. The van der Waals surface area contributed by atoms with Crippen molar-refractivity contribution in [3.63, 3.8) is 0 Å². The Morgan fingerprint density at radius 1 is 1.14 bits per heavy atom. The number of ketones is 2. The van der Waals surface area contributed by atoms with Gasteiger partial charge in [-0.05, 0) is 75.7 Å². The van der Waals surface area contributed by atoms with Gasteiger partial charge in [-0.1, -0.05) is 46.3 Å². The number of allylic oxidation sites excluding steroid dienone is 2. The first kappa shape index (κ1) is 27.3. The number of aliphatic carboxylic acids is 1. The van der Waals surface area contributed by atoms with Gasteiger partial charge in [0.1, 0.15) is 22.8 Å². The van der Waals surface area contributed by atoms with Crippen LogP contribution in [0, 0.1) is 39.9 Å². The molecule has 3 saturated carbocycles. The van der Waals surface area contributed by atoms with Gasteiger partial charge in [-0.15, -0.1) is 0 Å². The lowest BCUT2D eigenvalue weighted by Crippen LogP contribution is -2.57. The van der Waals surface area contributed by atoms with Crippen molar-refractivity contribution in [3.8, 4) is 0 Å². The average molecular weight is 501 g/mol. The molecule has 3 fully saturated rings. The molecule has 0 heterocycles. The second-order valence-corrected chi connectivity index (χ2v) is 13.5. The molecule has 3 N–H and O–H groups in total. The molecule has 4 aliphatic carbocycles. The Morgan fingerprint density at radius 2 is 1.78 bits per heavy atom. The van der Waals surface area contributed by atoms with Crippen LogP contribution < -0.4 is 0 Å². The molecule has 6 heteroatoms. The Hall–Kier alpha value is -1.79. The van der Waals surface area contributed by atoms with E-state index in [1.807, 2.05) is 19.9 Å². The number of carboxylic acids is 1. The summed E-state index contributed by atoms with van der Waals surface area (Å²) in [6, 6.07) is 0. The first-order valence-corrected chi connectivity index (χ1v) is 13.6. The highest BCUT2D eigenvalue weighted by Gasteiger charge is 2.75. The maximum absolute atomic E-state index is 13.6. The first-order valence-electron chi connectivity index (χ1n) is 13.6. The van der Waals surface area contributed by atoms with Crippen LogP contribution in [0.5, 0.6) is 0 Å². The van der Waals surface area contributed by atoms with Crippen LogP contribution in [-0.2, 0) is 14.4 Å². The van der Waals surface area contributed by atoms with Gasteiger partial charge in [-0.3, -0.25) is 9.59 Å². The molecule has 0 aliphatic heterocycles. The van der Waals surface area contributed by atoms with Crippen molar-refractivity contribution in [1.82, 2.24) is 0 Å². The molecular formula is C30H44O6. The zero-order valence-electron chi connectivity index (χ0n) is 23.0. The molecule has 36 heavy (non-hydrogen) atoms. The molecule has 4 rings (SSSR count). The molecule has 0 radical (unpaired) electrons. The number of carbonyl (C=O) groups is 3. The number of carboxylic acid groups (broad SMARTS) is 1. The fourth-order valence-electron chi connectivity index (χ4n) is 8.77. The molecule has 6 nitrogen and oxygen atoms in total. The van der Waals surface area contributed by atoms with Crippen molar-refractivity contribution in [2.24, 2.45) is 39.9 Å². The van der Waals surface area contributed by atoms with E-state index in [0.29, 0.717) is 31.5 Å². The number of hydrogen-bond donors (Lipinski definition) is 3. The molecule has 4 aliphatic rings. The minimum atomic E-state index is -1.61. The van der Waals surface area contributed by atoms with Crippen molar-refractivity contribution < 1.29 is 29.7 Å². The van der Waals surface area contributed by atoms with Crippen LogP contribution in [-0.4, -0.2) is 44.1 Å². The van der Waals surface area contributed by atoms with Crippen LogP contribution in [0.2, 0.25) is 0 Å². The van der Waals surface area contributed by atoms with E-state index >= 15 is 0 Å². The number of Topliss-reactive ketones (excluding diaryl/α,β-unsaturated/α-hetero) is 2. The van der Waals surface area contributed by atoms with Gasteiger partial charge >= 0.3 is 5.97 Å². The summed E-state index contributed by atoms with van der Waals surface area (Å²) in [5.41, 5.74) is -2.99. The van der Waals surface area contributed by atoms with E-state index in [-0.39, 0.29) is 34.5 Å². The third-order valence-corrected chi connectivity index (χ3v) is 11.3. The highest BCUT2D eigenvalue weighted by Crippen LogP contribution is 2.72. The van der Waals surface area contributed by atoms with Gasteiger partial charge in [0.2, 0.25) is 0 Å². The molecule has 0 aromatic heterocycles. The van der Waals surface area contributed by atoms with E-state index in [1.165, 1.54) is 12.5 Å². The highest BCUT2D eigenvalue weighted by molar-refractivity contribution is 5.87. The van der Waals surface area contributed by atoms with E-state index in [9.17, 15) is 24.6 Å². The van der Waals surface area contributed by atoms with Crippen LogP contribution in [0.4, 0.5) is 0 Å². The lowest BCUT2D eigenvalue weighted by atomic mass is 9.47. The summed E-state index contributed by atoms with van der Waals surface area (Å²) in [4.78, 5) is 37.4. The van der Waals surface area contributed by atoms with Crippen molar-refractivity contribution >= 4 is 17.5 Å². The summed E-state index contributed by atoms with van der Waals surface area (Å²) >= 11 is 0. The summed E-state index contributed by atoms with van der Waals surface area (Å²) in [6.45, 7) is 13.4. The van der Waals surface area contributed by atoms with Gasteiger partial charge in [0.15, 0.2) is 0 Å². The Kier molecular flexibility index (Phi) is 6.33. The fraction of sp³-hybridized carbons (Fsp3) is 0.767. The van der Waals surface area contributed by atoms with Crippen LogP contribution in [0.1, 0.15) is 93.4 Å². The molecule has 0 saturated heterocycles. The predicted octanol–water partition coefficient (Wildman–Crippen LogP) is 4.87. The monoisotopic (exact) mass is 500 g/mol. The van der Waals surface area contributed by atoms with Crippen molar-refractivity contribution in [1.29, 1.82) is 0 Å². The number of rotatable bonds is 6. The molecule has 0 bridgehead atoms. The Labute approximate surface area is 215 Å². The highest BCUT2D eigenvalue weighted by atomic mass is 16.4. The van der Waals surface area contributed by atoms with E-state index in [0.717, 1.165) is 19.3 Å². The third kappa shape index (κ3) is 3.46. The Morgan fingerprint density at radius 3 is 2.39 bits per heavy atom. The number of aliphatic hydroxyl groups is 2. The van der Waals surface area contributed by atoms with Crippen molar-refractivity contribution in [2.75, 3.05) is 0 Å². The molecule has 0 amide bonds. The summed E-state index contributed by atoms with van der Waals surface area (Å²) < 4.78 is 0. The van der Waals surface area contributed by atoms with Gasteiger partial charge < -0.3 is 15.3 Å². The second-order valence-electron chi connectivity index (χ2n) is 13.5. The summed E-state index contributed by atoms with van der Waals surface area (Å²) in [6.07, 6.45) is 7.96. The quantitative estimate of drug-likeness (QED) is 0.354.